The average Bonchev–Trinajstić information content (AvgIpc) is 2.47. The zero-order valence-electron chi connectivity index (χ0n) is 12.9. The molecule has 21 heavy (non-hydrogen) atoms. The van der Waals surface area contributed by atoms with E-state index in [2.05, 4.69) is 4.72 Å². The second kappa shape index (κ2) is 11.4. The molecule has 0 radical (unpaired) electrons. The van der Waals surface area contributed by atoms with E-state index in [0.29, 0.717) is 12.5 Å². The molecule has 2 rings (SSSR count). The molecule has 0 aliphatic heterocycles. The summed E-state index contributed by atoms with van der Waals surface area (Å²) in [7, 11) is -2.97. The summed E-state index contributed by atoms with van der Waals surface area (Å²) < 4.78 is 24.1. The van der Waals surface area contributed by atoms with Crippen molar-refractivity contribution in [2.45, 2.75) is 71.6 Å². The van der Waals surface area contributed by atoms with Gasteiger partial charge in [-0.2, -0.15) is 0 Å². The Balaban J connectivity index is 0.000000390. The van der Waals surface area contributed by atoms with E-state index in [-0.39, 0.29) is 7.43 Å². The van der Waals surface area contributed by atoms with Gasteiger partial charge in [0.1, 0.15) is 0 Å². The fraction of sp³-hybridized carbons (Fsp3) is 1.00. The summed E-state index contributed by atoms with van der Waals surface area (Å²) in [4.78, 5) is 0. The topological polar surface area (TPSA) is 72.2 Å². The third-order valence-corrected chi connectivity index (χ3v) is 5.11. The minimum Gasteiger partial charge on any atom is -0.330 e. The van der Waals surface area contributed by atoms with Crippen LogP contribution in [0.25, 0.3) is 0 Å². The molecular formula is C16H36N2O2S. The van der Waals surface area contributed by atoms with Crippen LogP contribution in [0.15, 0.2) is 0 Å². The summed E-state index contributed by atoms with van der Waals surface area (Å²) in [5, 5.41) is 0. The summed E-state index contributed by atoms with van der Waals surface area (Å²) >= 11 is 0. The van der Waals surface area contributed by atoms with E-state index in [0.717, 1.165) is 12.5 Å². The highest BCUT2D eigenvalue weighted by Crippen LogP contribution is 2.23. The molecule has 2 saturated carbocycles. The summed E-state index contributed by atoms with van der Waals surface area (Å²) in [6.45, 7) is 1.55. The molecule has 2 aliphatic carbocycles. The SMILES string of the molecule is C.CS(=O)(=O)NCC1CCCCC1.NCC1CCCCC1. The highest BCUT2D eigenvalue weighted by atomic mass is 32.2. The molecule has 3 N–H and O–H groups in total. The van der Waals surface area contributed by atoms with Gasteiger partial charge in [0.2, 0.25) is 10.0 Å². The fourth-order valence-electron chi connectivity index (χ4n) is 3.08. The molecule has 0 atom stereocenters. The summed E-state index contributed by atoms with van der Waals surface area (Å²) in [5.41, 5.74) is 5.50. The van der Waals surface area contributed by atoms with Gasteiger partial charge in [-0.1, -0.05) is 46.0 Å². The van der Waals surface area contributed by atoms with E-state index in [1.54, 1.807) is 0 Å². The second-order valence-corrected chi connectivity index (χ2v) is 8.20. The lowest BCUT2D eigenvalue weighted by molar-refractivity contribution is 0.357. The molecule has 0 bridgehead atoms. The standard InChI is InChI=1S/C8H17NO2S.C7H15N.CH4/c1-12(10,11)9-7-8-5-3-2-4-6-8;8-6-7-4-2-1-3-5-7;/h8-9H,2-7H2,1H3;7H,1-6,8H2;1H4. The van der Waals surface area contributed by atoms with Crippen molar-refractivity contribution in [2.75, 3.05) is 19.3 Å². The molecule has 2 fully saturated rings. The Morgan fingerprint density at radius 1 is 0.905 bits per heavy atom. The van der Waals surface area contributed by atoms with Gasteiger partial charge in [-0.15, -0.1) is 0 Å². The maximum Gasteiger partial charge on any atom is 0.208 e. The van der Waals surface area contributed by atoms with Crippen LogP contribution in [0.3, 0.4) is 0 Å². The smallest absolute Gasteiger partial charge is 0.208 e. The van der Waals surface area contributed by atoms with Gasteiger partial charge in [-0.3, -0.25) is 0 Å². The predicted octanol–water partition coefficient (Wildman–Crippen LogP) is 3.28. The Kier molecular flexibility index (Phi) is 11.4. The van der Waals surface area contributed by atoms with Crippen LogP contribution in [0.5, 0.6) is 0 Å². The molecule has 0 aromatic heterocycles. The van der Waals surface area contributed by atoms with E-state index in [9.17, 15) is 8.42 Å². The lowest BCUT2D eigenvalue weighted by Crippen LogP contribution is -2.29. The largest absolute Gasteiger partial charge is 0.330 e. The predicted molar refractivity (Wildman–Crippen MR) is 91.8 cm³/mol. The number of sulfonamides is 1. The first-order valence-corrected chi connectivity index (χ1v) is 10.0. The first-order valence-electron chi connectivity index (χ1n) is 8.16. The van der Waals surface area contributed by atoms with E-state index in [1.165, 1.54) is 70.5 Å². The molecule has 0 unspecified atom stereocenters. The Hall–Kier alpha value is -0.130. The van der Waals surface area contributed by atoms with E-state index >= 15 is 0 Å². The van der Waals surface area contributed by atoms with E-state index < -0.39 is 10.0 Å². The highest BCUT2D eigenvalue weighted by Gasteiger charge is 2.14. The van der Waals surface area contributed by atoms with Crippen molar-refractivity contribution in [3.05, 3.63) is 0 Å². The van der Waals surface area contributed by atoms with Gasteiger partial charge in [0.25, 0.3) is 0 Å². The van der Waals surface area contributed by atoms with Crippen LogP contribution in [0.1, 0.15) is 71.6 Å². The zero-order chi connectivity index (χ0) is 14.8. The molecule has 4 nitrogen and oxygen atoms in total. The molecule has 2 aliphatic rings. The van der Waals surface area contributed by atoms with E-state index in [1.807, 2.05) is 0 Å². The molecule has 0 heterocycles. The fourth-order valence-corrected chi connectivity index (χ4v) is 3.62. The van der Waals surface area contributed by atoms with Crippen molar-refractivity contribution in [3.63, 3.8) is 0 Å². The maximum absolute atomic E-state index is 10.8. The second-order valence-electron chi connectivity index (χ2n) is 6.36. The van der Waals surface area contributed by atoms with Crippen LogP contribution in [0.4, 0.5) is 0 Å². The molecule has 0 saturated heterocycles. The van der Waals surface area contributed by atoms with Crippen molar-refractivity contribution >= 4 is 10.0 Å². The van der Waals surface area contributed by atoms with Crippen molar-refractivity contribution in [1.29, 1.82) is 0 Å². The van der Waals surface area contributed by atoms with Crippen molar-refractivity contribution < 1.29 is 8.42 Å². The minimum absolute atomic E-state index is 0. The molecule has 0 amide bonds. The first-order chi connectivity index (χ1) is 9.51. The van der Waals surface area contributed by atoms with Gasteiger partial charge in [-0.05, 0) is 44.1 Å². The first kappa shape index (κ1) is 20.9. The Labute approximate surface area is 132 Å². The number of nitrogens with one attached hydrogen (secondary N) is 1. The normalized spacial score (nSPS) is 21.0. The van der Waals surface area contributed by atoms with Gasteiger partial charge < -0.3 is 5.73 Å². The van der Waals surface area contributed by atoms with Gasteiger partial charge in [0.05, 0.1) is 6.26 Å². The summed E-state index contributed by atoms with van der Waals surface area (Å²) in [6.07, 6.45) is 14.5. The summed E-state index contributed by atoms with van der Waals surface area (Å²) in [5.74, 6) is 1.44. The molecule has 128 valence electrons. The molecule has 0 spiro atoms. The van der Waals surface area contributed by atoms with Gasteiger partial charge in [-0.25, -0.2) is 13.1 Å². The Bertz CT molecular complexity index is 332. The average molecular weight is 321 g/mol. The summed E-state index contributed by atoms with van der Waals surface area (Å²) in [6, 6.07) is 0. The van der Waals surface area contributed by atoms with Crippen LogP contribution in [0, 0.1) is 11.8 Å². The third kappa shape index (κ3) is 11.1. The Morgan fingerprint density at radius 3 is 1.67 bits per heavy atom. The van der Waals surface area contributed by atoms with Crippen LogP contribution in [-0.2, 0) is 10.0 Å². The Morgan fingerprint density at radius 2 is 1.33 bits per heavy atom. The van der Waals surface area contributed by atoms with Gasteiger partial charge in [0.15, 0.2) is 0 Å². The maximum atomic E-state index is 10.8. The molecule has 0 aromatic rings. The zero-order valence-corrected chi connectivity index (χ0v) is 13.8. The number of hydrogen-bond acceptors (Lipinski definition) is 3. The highest BCUT2D eigenvalue weighted by molar-refractivity contribution is 7.88. The lowest BCUT2D eigenvalue weighted by Gasteiger charge is -2.21. The minimum atomic E-state index is -2.97. The number of hydrogen-bond donors (Lipinski definition) is 2. The van der Waals surface area contributed by atoms with Gasteiger partial charge in [0, 0.05) is 6.54 Å². The third-order valence-electron chi connectivity index (χ3n) is 4.42. The molecule has 5 heteroatoms. The lowest BCUT2D eigenvalue weighted by atomic mass is 9.90. The van der Waals surface area contributed by atoms with Crippen molar-refractivity contribution in [2.24, 2.45) is 17.6 Å². The number of nitrogens with two attached hydrogens (primary N) is 1. The van der Waals surface area contributed by atoms with Crippen LogP contribution < -0.4 is 10.5 Å². The van der Waals surface area contributed by atoms with Crippen LogP contribution >= 0.6 is 0 Å². The van der Waals surface area contributed by atoms with Gasteiger partial charge >= 0.3 is 0 Å². The van der Waals surface area contributed by atoms with Crippen LogP contribution in [-0.4, -0.2) is 27.8 Å². The monoisotopic (exact) mass is 320 g/mol. The molecular weight excluding hydrogens is 284 g/mol. The van der Waals surface area contributed by atoms with Crippen molar-refractivity contribution in [1.82, 2.24) is 4.72 Å². The van der Waals surface area contributed by atoms with Crippen molar-refractivity contribution in [3.8, 4) is 0 Å². The quantitative estimate of drug-likeness (QED) is 0.835. The molecule has 0 aromatic carbocycles. The van der Waals surface area contributed by atoms with Crippen LogP contribution in [0.2, 0.25) is 0 Å². The number of rotatable bonds is 4. The van der Waals surface area contributed by atoms with E-state index in [4.69, 9.17) is 5.73 Å².